The Hall–Kier alpha value is -1.61. The van der Waals surface area contributed by atoms with Gasteiger partial charge in [-0.05, 0) is 68.9 Å². The van der Waals surface area contributed by atoms with Crippen molar-refractivity contribution in [1.29, 1.82) is 0 Å². The van der Waals surface area contributed by atoms with Crippen molar-refractivity contribution in [2.24, 2.45) is 11.8 Å². The summed E-state index contributed by atoms with van der Waals surface area (Å²) in [5.41, 5.74) is 5.98. The summed E-state index contributed by atoms with van der Waals surface area (Å²) in [7, 11) is 0. The number of fused-ring (bicyclic) bond motifs is 2. The van der Waals surface area contributed by atoms with Crippen LogP contribution in [0.25, 0.3) is 11.3 Å². The molecule has 0 saturated heterocycles. The van der Waals surface area contributed by atoms with Crippen LogP contribution >= 0.6 is 0 Å². The van der Waals surface area contributed by atoms with E-state index in [1.165, 1.54) is 67.2 Å². The van der Waals surface area contributed by atoms with Crippen molar-refractivity contribution < 1.29 is 9.26 Å². The molecule has 1 aromatic carbocycles. The maximum absolute atomic E-state index is 6.47. The lowest BCUT2D eigenvalue weighted by atomic mass is 9.87. The number of rotatable bonds is 5. The van der Waals surface area contributed by atoms with Gasteiger partial charge in [0.25, 0.3) is 0 Å². The molecule has 2 aromatic rings. The molecule has 26 heavy (non-hydrogen) atoms. The standard InChI is InChI=1S/C23H29NO2/c1-14-4-3-5-15(2)21(14)22-20(23(26-24-22)18-8-9-18)13-25-19-11-16-6-7-17(10-16)12-19/h3-5,16-19H,6-13H2,1-2H3/t16-,17?,19?/m1/s1. The number of hydrogen-bond acceptors (Lipinski definition) is 3. The van der Waals surface area contributed by atoms with Gasteiger partial charge in [-0.2, -0.15) is 0 Å². The number of aryl methyl sites for hydroxylation is 2. The second-order valence-electron chi connectivity index (χ2n) is 8.86. The van der Waals surface area contributed by atoms with Crippen molar-refractivity contribution in [2.45, 2.75) is 77.4 Å². The zero-order chi connectivity index (χ0) is 17.7. The van der Waals surface area contributed by atoms with Crippen LogP contribution in [-0.4, -0.2) is 11.3 Å². The van der Waals surface area contributed by atoms with E-state index in [4.69, 9.17) is 9.26 Å². The van der Waals surface area contributed by atoms with E-state index < -0.39 is 0 Å². The minimum Gasteiger partial charge on any atom is -0.373 e. The molecule has 2 unspecified atom stereocenters. The highest BCUT2D eigenvalue weighted by molar-refractivity contribution is 5.70. The monoisotopic (exact) mass is 351 g/mol. The first-order valence-electron chi connectivity index (χ1n) is 10.4. The predicted octanol–water partition coefficient (Wildman–Crippen LogP) is 5.93. The first kappa shape index (κ1) is 16.6. The van der Waals surface area contributed by atoms with E-state index in [1.807, 2.05) is 0 Å². The van der Waals surface area contributed by atoms with E-state index in [9.17, 15) is 0 Å². The van der Waals surface area contributed by atoms with Crippen molar-refractivity contribution in [1.82, 2.24) is 5.16 Å². The third-order valence-corrected chi connectivity index (χ3v) is 6.79. The third-order valence-electron chi connectivity index (χ3n) is 6.79. The van der Waals surface area contributed by atoms with E-state index in [0.717, 1.165) is 23.3 Å². The Morgan fingerprint density at radius 3 is 2.35 bits per heavy atom. The second-order valence-corrected chi connectivity index (χ2v) is 8.86. The molecule has 3 aliphatic rings. The number of benzene rings is 1. The van der Waals surface area contributed by atoms with Crippen LogP contribution in [0.4, 0.5) is 0 Å². The fourth-order valence-electron chi connectivity index (χ4n) is 5.30. The van der Waals surface area contributed by atoms with Crippen LogP contribution in [0.5, 0.6) is 0 Å². The summed E-state index contributed by atoms with van der Waals surface area (Å²) in [4.78, 5) is 0. The molecule has 0 radical (unpaired) electrons. The molecule has 1 heterocycles. The lowest BCUT2D eigenvalue weighted by Crippen LogP contribution is -2.23. The Bertz CT molecular complexity index is 772. The highest BCUT2D eigenvalue weighted by atomic mass is 16.5. The van der Waals surface area contributed by atoms with Gasteiger partial charge in [-0.25, -0.2) is 0 Å². The predicted molar refractivity (Wildman–Crippen MR) is 102 cm³/mol. The summed E-state index contributed by atoms with van der Waals surface area (Å²) >= 11 is 0. The van der Waals surface area contributed by atoms with Gasteiger partial charge in [0.1, 0.15) is 11.5 Å². The van der Waals surface area contributed by atoms with E-state index in [-0.39, 0.29) is 0 Å². The molecule has 5 rings (SSSR count). The molecule has 0 amide bonds. The van der Waals surface area contributed by atoms with Crippen LogP contribution in [0, 0.1) is 25.7 Å². The van der Waals surface area contributed by atoms with Crippen molar-refractivity contribution in [3.8, 4) is 11.3 Å². The molecule has 3 fully saturated rings. The van der Waals surface area contributed by atoms with Crippen LogP contribution < -0.4 is 0 Å². The van der Waals surface area contributed by atoms with Gasteiger partial charge in [-0.15, -0.1) is 0 Å². The molecule has 3 saturated carbocycles. The molecule has 138 valence electrons. The summed E-state index contributed by atoms with van der Waals surface area (Å²) in [6.07, 6.45) is 9.64. The third kappa shape index (κ3) is 3.00. The lowest BCUT2D eigenvalue weighted by molar-refractivity contribution is -0.00126. The minimum atomic E-state index is 0.425. The molecule has 3 heteroatoms. The maximum Gasteiger partial charge on any atom is 0.145 e. The first-order valence-corrected chi connectivity index (χ1v) is 10.4. The number of ether oxygens (including phenoxy) is 1. The maximum atomic E-state index is 6.47. The van der Waals surface area contributed by atoms with Gasteiger partial charge in [-0.1, -0.05) is 36.2 Å². The molecule has 1 aromatic heterocycles. The average Bonchev–Trinajstić information content (AvgIpc) is 3.30. The Morgan fingerprint density at radius 1 is 1.00 bits per heavy atom. The van der Waals surface area contributed by atoms with Gasteiger partial charge >= 0.3 is 0 Å². The second kappa shape index (κ2) is 6.53. The fourth-order valence-corrected chi connectivity index (χ4v) is 5.30. The summed E-state index contributed by atoms with van der Waals surface area (Å²) in [5.74, 6) is 3.45. The van der Waals surface area contributed by atoms with Crippen molar-refractivity contribution >= 4 is 0 Å². The van der Waals surface area contributed by atoms with Gasteiger partial charge in [0.15, 0.2) is 0 Å². The van der Waals surface area contributed by atoms with Gasteiger partial charge in [0.05, 0.1) is 12.7 Å². The molecule has 0 aliphatic heterocycles. The van der Waals surface area contributed by atoms with Gasteiger partial charge in [-0.3, -0.25) is 0 Å². The number of aromatic nitrogens is 1. The lowest BCUT2D eigenvalue weighted by Gasteiger charge is -2.27. The summed E-state index contributed by atoms with van der Waals surface area (Å²) in [5, 5.41) is 4.52. The molecule has 3 nitrogen and oxygen atoms in total. The van der Waals surface area contributed by atoms with Crippen LogP contribution in [0.3, 0.4) is 0 Å². The van der Waals surface area contributed by atoms with E-state index >= 15 is 0 Å². The molecule has 3 atom stereocenters. The molecular formula is C23H29NO2. The molecular weight excluding hydrogens is 322 g/mol. The van der Waals surface area contributed by atoms with Crippen molar-refractivity contribution in [2.75, 3.05) is 0 Å². The van der Waals surface area contributed by atoms with Gasteiger partial charge < -0.3 is 9.26 Å². The minimum absolute atomic E-state index is 0.425. The molecule has 2 bridgehead atoms. The zero-order valence-electron chi connectivity index (χ0n) is 16.0. The normalized spacial score (nSPS) is 27.8. The highest BCUT2D eigenvalue weighted by Gasteiger charge is 2.36. The number of hydrogen-bond donors (Lipinski definition) is 0. The smallest absolute Gasteiger partial charge is 0.145 e. The van der Waals surface area contributed by atoms with Gasteiger partial charge in [0, 0.05) is 17.0 Å². The summed E-state index contributed by atoms with van der Waals surface area (Å²) in [6, 6.07) is 6.44. The van der Waals surface area contributed by atoms with Crippen molar-refractivity contribution in [3.05, 3.63) is 40.6 Å². The SMILES string of the molecule is Cc1cccc(C)c1-c1noc(C2CC2)c1COC1CC2CC[C@H](C2)C1. The van der Waals surface area contributed by atoms with E-state index in [2.05, 4.69) is 37.2 Å². The summed E-state index contributed by atoms with van der Waals surface area (Å²) < 4.78 is 12.3. The van der Waals surface area contributed by atoms with E-state index in [0.29, 0.717) is 18.6 Å². The van der Waals surface area contributed by atoms with Crippen LogP contribution in [0.1, 0.15) is 73.3 Å². The topological polar surface area (TPSA) is 35.3 Å². The molecule has 0 spiro atoms. The quantitative estimate of drug-likeness (QED) is 0.669. The molecule has 0 N–H and O–H groups in total. The summed E-state index contributed by atoms with van der Waals surface area (Å²) in [6.45, 7) is 4.98. The number of nitrogens with zero attached hydrogens (tertiary/aromatic N) is 1. The largest absolute Gasteiger partial charge is 0.373 e. The van der Waals surface area contributed by atoms with Crippen LogP contribution in [-0.2, 0) is 11.3 Å². The Kier molecular flexibility index (Phi) is 4.16. The van der Waals surface area contributed by atoms with Crippen LogP contribution in [0.2, 0.25) is 0 Å². The van der Waals surface area contributed by atoms with Crippen LogP contribution in [0.15, 0.2) is 22.7 Å². The molecule has 3 aliphatic carbocycles. The average molecular weight is 351 g/mol. The Balaban J connectivity index is 1.42. The first-order chi connectivity index (χ1) is 12.7. The highest BCUT2D eigenvalue weighted by Crippen LogP contribution is 2.46. The van der Waals surface area contributed by atoms with E-state index in [1.54, 1.807) is 0 Å². The fraction of sp³-hybridized carbons (Fsp3) is 0.609. The Morgan fingerprint density at radius 2 is 1.69 bits per heavy atom. The van der Waals surface area contributed by atoms with Crippen molar-refractivity contribution in [3.63, 3.8) is 0 Å². The zero-order valence-corrected chi connectivity index (χ0v) is 16.0. The Labute approximate surface area is 156 Å². The van der Waals surface area contributed by atoms with Gasteiger partial charge in [0.2, 0.25) is 0 Å².